The summed E-state index contributed by atoms with van der Waals surface area (Å²) < 4.78 is 0. The van der Waals surface area contributed by atoms with Crippen molar-refractivity contribution in [2.45, 2.75) is 40.0 Å². The lowest BCUT2D eigenvalue weighted by Crippen LogP contribution is -2.19. The molecule has 1 rings (SSSR count). The lowest BCUT2D eigenvalue weighted by atomic mass is 9.80. The number of nitro groups is 2. The number of nitrogens with zero attached hydrogens (tertiary/aromatic N) is 3. The Morgan fingerprint density at radius 2 is 1.35 bits per heavy atom. The monoisotopic (exact) mass is 277 g/mol. The molecule has 0 heterocycles. The molecule has 0 unspecified atom stereocenters. The van der Waals surface area contributed by atoms with Gasteiger partial charge in [0.25, 0.3) is 11.4 Å². The first-order chi connectivity index (χ1) is 9.03. The molecule has 20 heavy (non-hydrogen) atoms. The number of nitriles is 1. The van der Waals surface area contributed by atoms with Gasteiger partial charge >= 0.3 is 0 Å². The molecule has 0 bridgehead atoms. The highest BCUT2D eigenvalue weighted by Gasteiger charge is 2.39. The van der Waals surface area contributed by atoms with Crippen molar-refractivity contribution in [1.29, 1.82) is 5.26 Å². The number of nitro benzene ring substituents is 2. The molecule has 0 spiro atoms. The van der Waals surface area contributed by atoms with E-state index in [-0.39, 0.29) is 33.6 Å². The van der Waals surface area contributed by atoms with Crippen LogP contribution in [0.2, 0.25) is 0 Å². The standard InChI is InChI=1S/C13H15N3O4/c1-7-9(6-14)8(2)12(16(19)20)10(13(3,4)5)11(7)15(17)18/h1-5H3. The average Bonchev–Trinajstić information content (AvgIpc) is 2.26. The van der Waals surface area contributed by atoms with Gasteiger partial charge in [0, 0.05) is 16.5 Å². The Kier molecular flexibility index (Phi) is 3.80. The van der Waals surface area contributed by atoms with Gasteiger partial charge in [0.15, 0.2) is 0 Å². The van der Waals surface area contributed by atoms with Crippen molar-refractivity contribution in [3.8, 4) is 6.07 Å². The molecule has 0 amide bonds. The molecule has 0 aliphatic heterocycles. The van der Waals surface area contributed by atoms with E-state index >= 15 is 0 Å². The summed E-state index contributed by atoms with van der Waals surface area (Å²) >= 11 is 0. The lowest BCUT2D eigenvalue weighted by molar-refractivity contribution is -0.397. The normalized spacial score (nSPS) is 11.0. The Labute approximate surface area is 116 Å². The maximum absolute atomic E-state index is 11.3. The molecular weight excluding hydrogens is 262 g/mol. The average molecular weight is 277 g/mol. The number of benzene rings is 1. The zero-order valence-electron chi connectivity index (χ0n) is 12.0. The number of hydrogen-bond acceptors (Lipinski definition) is 5. The van der Waals surface area contributed by atoms with Gasteiger partial charge < -0.3 is 0 Å². The van der Waals surface area contributed by atoms with Gasteiger partial charge in [0.05, 0.1) is 15.4 Å². The van der Waals surface area contributed by atoms with Gasteiger partial charge in [-0.25, -0.2) is 0 Å². The van der Waals surface area contributed by atoms with Gasteiger partial charge in [0.1, 0.15) is 11.6 Å². The lowest BCUT2D eigenvalue weighted by Gasteiger charge is -2.21. The summed E-state index contributed by atoms with van der Waals surface area (Å²) in [6.45, 7) is 7.92. The minimum atomic E-state index is -0.783. The zero-order chi connectivity index (χ0) is 15.8. The van der Waals surface area contributed by atoms with E-state index in [0.717, 1.165) is 0 Å². The quantitative estimate of drug-likeness (QED) is 0.608. The van der Waals surface area contributed by atoms with Crippen LogP contribution in [0, 0.1) is 45.4 Å². The van der Waals surface area contributed by atoms with Crippen LogP contribution in [-0.4, -0.2) is 9.85 Å². The second-order valence-corrected chi connectivity index (χ2v) is 5.57. The minimum Gasteiger partial charge on any atom is -0.258 e. The number of rotatable bonds is 2. The van der Waals surface area contributed by atoms with Gasteiger partial charge in [-0.05, 0) is 13.8 Å². The van der Waals surface area contributed by atoms with E-state index in [4.69, 9.17) is 5.26 Å². The fourth-order valence-electron chi connectivity index (χ4n) is 2.34. The van der Waals surface area contributed by atoms with Gasteiger partial charge in [-0.2, -0.15) is 5.26 Å². The Hall–Kier alpha value is -2.49. The summed E-state index contributed by atoms with van der Waals surface area (Å²) in [6, 6.07) is 1.82. The molecule has 1 aromatic carbocycles. The topological polar surface area (TPSA) is 110 Å². The van der Waals surface area contributed by atoms with Crippen molar-refractivity contribution >= 4 is 11.4 Å². The van der Waals surface area contributed by atoms with E-state index in [9.17, 15) is 20.2 Å². The third-order valence-corrected chi connectivity index (χ3v) is 3.16. The van der Waals surface area contributed by atoms with Crippen molar-refractivity contribution in [3.05, 3.63) is 42.5 Å². The first-order valence-electron chi connectivity index (χ1n) is 5.90. The van der Waals surface area contributed by atoms with Gasteiger partial charge in [0.2, 0.25) is 0 Å². The molecule has 0 fully saturated rings. The van der Waals surface area contributed by atoms with Crippen LogP contribution in [0.4, 0.5) is 11.4 Å². The van der Waals surface area contributed by atoms with Crippen LogP contribution in [0.3, 0.4) is 0 Å². The second-order valence-electron chi connectivity index (χ2n) is 5.57. The maximum atomic E-state index is 11.3. The van der Waals surface area contributed by atoms with Gasteiger partial charge in [-0.3, -0.25) is 20.2 Å². The molecule has 0 saturated heterocycles. The van der Waals surface area contributed by atoms with Crippen LogP contribution in [0.15, 0.2) is 0 Å². The predicted molar refractivity (Wildman–Crippen MR) is 72.6 cm³/mol. The summed E-state index contributed by atoms with van der Waals surface area (Å²) in [5.74, 6) is 0. The molecule has 0 aliphatic rings. The van der Waals surface area contributed by atoms with Crippen LogP contribution >= 0.6 is 0 Å². The molecule has 0 atom stereocenters. The molecule has 7 nitrogen and oxygen atoms in total. The van der Waals surface area contributed by atoms with E-state index in [0.29, 0.717) is 0 Å². The maximum Gasteiger partial charge on any atom is 0.284 e. The Balaban J connectivity index is 4.13. The fraction of sp³-hybridized carbons (Fsp3) is 0.462. The molecule has 106 valence electrons. The summed E-state index contributed by atoms with van der Waals surface area (Å²) in [7, 11) is 0. The van der Waals surface area contributed by atoms with Crippen molar-refractivity contribution in [3.63, 3.8) is 0 Å². The third kappa shape index (κ3) is 2.32. The summed E-state index contributed by atoms with van der Waals surface area (Å²) in [4.78, 5) is 21.3. The third-order valence-electron chi connectivity index (χ3n) is 3.16. The molecule has 7 heteroatoms. The van der Waals surface area contributed by atoms with E-state index in [1.165, 1.54) is 13.8 Å². The van der Waals surface area contributed by atoms with Gasteiger partial charge in [-0.15, -0.1) is 0 Å². The van der Waals surface area contributed by atoms with E-state index < -0.39 is 15.3 Å². The van der Waals surface area contributed by atoms with Crippen LogP contribution < -0.4 is 0 Å². The fourth-order valence-corrected chi connectivity index (χ4v) is 2.34. The van der Waals surface area contributed by atoms with Crippen molar-refractivity contribution in [1.82, 2.24) is 0 Å². The Bertz CT molecular complexity index is 610. The summed E-state index contributed by atoms with van der Waals surface area (Å²) in [6.07, 6.45) is 0. The van der Waals surface area contributed by atoms with E-state index in [2.05, 4.69) is 0 Å². The van der Waals surface area contributed by atoms with E-state index in [1.54, 1.807) is 20.8 Å². The molecular formula is C13H15N3O4. The SMILES string of the molecule is Cc1c(C#N)c(C)c([N+](=O)[O-])c(C(C)(C)C)c1[N+](=O)[O-]. The highest BCUT2D eigenvalue weighted by atomic mass is 16.6. The highest BCUT2D eigenvalue weighted by Crippen LogP contribution is 2.44. The molecule has 0 aromatic heterocycles. The van der Waals surface area contributed by atoms with Crippen molar-refractivity contribution in [2.75, 3.05) is 0 Å². The second kappa shape index (κ2) is 4.89. The minimum absolute atomic E-state index is 0.00333. The van der Waals surface area contributed by atoms with Crippen LogP contribution in [0.25, 0.3) is 0 Å². The molecule has 0 radical (unpaired) electrons. The van der Waals surface area contributed by atoms with Crippen LogP contribution in [0.5, 0.6) is 0 Å². The predicted octanol–water partition coefficient (Wildman–Crippen LogP) is 3.29. The Morgan fingerprint density at radius 1 is 1.00 bits per heavy atom. The first-order valence-corrected chi connectivity index (χ1v) is 5.90. The van der Waals surface area contributed by atoms with Crippen molar-refractivity contribution < 1.29 is 9.85 Å². The molecule has 0 saturated carbocycles. The summed E-state index contributed by atoms with van der Waals surface area (Å²) in [5.41, 5.74) is -1.07. The van der Waals surface area contributed by atoms with Crippen LogP contribution in [-0.2, 0) is 5.41 Å². The molecule has 1 aromatic rings. The van der Waals surface area contributed by atoms with Crippen LogP contribution in [0.1, 0.15) is 43.0 Å². The number of hydrogen-bond donors (Lipinski definition) is 0. The largest absolute Gasteiger partial charge is 0.284 e. The van der Waals surface area contributed by atoms with Crippen molar-refractivity contribution in [2.24, 2.45) is 0 Å². The zero-order valence-corrected chi connectivity index (χ0v) is 12.0. The highest BCUT2D eigenvalue weighted by molar-refractivity contribution is 5.70. The molecule has 0 N–H and O–H groups in total. The van der Waals surface area contributed by atoms with E-state index in [1.807, 2.05) is 6.07 Å². The Morgan fingerprint density at radius 3 is 1.55 bits per heavy atom. The van der Waals surface area contributed by atoms with Gasteiger partial charge in [-0.1, -0.05) is 20.8 Å². The smallest absolute Gasteiger partial charge is 0.258 e. The first kappa shape index (κ1) is 15.6. The molecule has 0 aliphatic carbocycles. The summed E-state index contributed by atoms with van der Waals surface area (Å²) in [5, 5.41) is 31.7.